The smallest absolute Gasteiger partial charge is 0.319 e. The van der Waals surface area contributed by atoms with Crippen molar-refractivity contribution in [2.75, 3.05) is 32.1 Å². The second kappa shape index (κ2) is 11.2. The number of piperidine rings is 1. The van der Waals surface area contributed by atoms with Crippen LogP contribution in [0.25, 0.3) is 0 Å². The first kappa shape index (κ1) is 22.4. The first-order valence-electron chi connectivity index (χ1n) is 11.6. The van der Waals surface area contributed by atoms with Gasteiger partial charge >= 0.3 is 6.03 Å². The molecule has 3 rings (SSSR count). The van der Waals surface area contributed by atoms with Gasteiger partial charge in [0.1, 0.15) is 5.75 Å². The van der Waals surface area contributed by atoms with Gasteiger partial charge in [0, 0.05) is 31.4 Å². The lowest BCUT2D eigenvalue weighted by atomic mass is 9.75. The molecule has 6 heteroatoms. The van der Waals surface area contributed by atoms with E-state index in [0.29, 0.717) is 29.5 Å². The summed E-state index contributed by atoms with van der Waals surface area (Å²) in [6.45, 7) is 4.51. The molecule has 0 bridgehead atoms. The molecule has 30 heavy (non-hydrogen) atoms. The van der Waals surface area contributed by atoms with Crippen LogP contribution in [0.5, 0.6) is 5.75 Å². The highest BCUT2D eigenvalue weighted by Gasteiger charge is 2.33. The van der Waals surface area contributed by atoms with Crippen molar-refractivity contribution < 1.29 is 14.3 Å². The second-order valence-corrected chi connectivity index (χ2v) is 8.70. The average Bonchev–Trinajstić information content (AvgIpc) is 2.78. The number of fused-ring (bicyclic) bond motifs is 1. The van der Waals surface area contributed by atoms with Gasteiger partial charge in [-0.15, -0.1) is 0 Å². The molecule has 1 aliphatic heterocycles. The number of hydrogen-bond acceptors (Lipinski definition) is 3. The lowest BCUT2D eigenvalue weighted by Crippen LogP contribution is -2.44. The van der Waals surface area contributed by atoms with E-state index in [-0.39, 0.29) is 11.9 Å². The first-order valence-corrected chi connectivity index (χ1v) is 11.6. The Bertz CT molecular complexity index is 722. The van der Waals surface area contributed by atoms with E-state index in [9.17, 15) is 9.59 Å². The molecule has 0 radical (unpaired) electrons. The lowest BCUT2D eigenvalue weighted by molar-refractivity contribution is 0.0518. The van der Waals surface area contributed by atoms with E-state index in [0.717, 1.165) is 38.3 Å². The van der Waals surface area contributed by atoms with E-state index in [1.54, 1.807) is 25.3 Å². The van der Waals surface area contributed by atoms with Gasteiger partial charge in [-0.3, -0.25) is 4.79 Å². The highest BCUT2D eigenvalue weighted by atomic mass is 16.5. The van der Waals surface area contributed by atoms with Gasteiger partial charge in [0.05, 0.1) is 12.7 Å². The summed E-state index contributed by atoms with van der Waals surface area (Å²) in [7, 11) is 1.57. The van der Waals surface area contributed by atoms with Crippen LogP contribution in [0.1, 0.15) is 75.1 Å². The number of amides is 3. The normalized spacial score (nSPS) is 20.9. The summed E-state index contributed by atoms with van der Waals surface area (Å²) in [5, 5.41) is 5.71. The number of methoxy groups -OCH3 is 1. The predicted octanol–water partition coefficient (Wildman–Crippen LogP) is 5.05. The van der Waals surface area contributed by atoms with Gasteiger partial charge in [0.2, 0.25) is 0 Å². The van der Waals surface area contributed by atoms with Gasteiger partial charge in [-0.25, -0.2) is 4.79 Å². The minimum atomic E-state index is -0.230. The van der Waals surface area contributed by atoms with Gasteiger partial charge in [-0.05, 0) is 43.2 Å². The van der Waals surface area contributed by atoms with Crippen molar-refractivity contribution in [3.05, 3.63) is 23.8 Å². The van der Waals surface area contributed by atoms with E-state index < -0.39 is 0 Å². The molecule has 1 aromatic carbocycles. The number of unbranched alkanes of at least 4 members (excludes halogenated alkanes) is 3. The second-order valence-electron chi connectivity index (χ2n) is 8.70. The number of hydrogen-bond donors (Lipinski definition) is 2. The van der Waals surface area contributed by atoms with Crippen molar-refractivity contribution in [1.29, 1.82) is 0 Å². The zero-order valence-corrected chi connectivity index (χ0v) is 18.5. The molecule has 2 N–H and O–H groups in total. The fourth-order valence-electron chi connectivity index (χ4n) is 4.83. The number of benzene rings is 1. The summed E-state index contributed by atoms with van der Waals surface area (Å²) >= 11 is 0. The Morgan fingerprint density at radius 1 is 1.10 bits per heavy atom. The third kappa shape index (κ3) is 5.89. The van der Waals surface area contributed by atoms with Crippen LogP contribution in [0, 0.1) is 11.8 Å². The molecule has 2 aliphatic rings. The van der Waals surface area contributed by atoms with Crippen LogP contribution < -0.4 is 15.4 Å². The maximum absolute atomic E-state index is 13.2. The number of nitrogens with zero attached hydrogens (tertiary/aromatic N) is 1. The van der Waals surface area contributed by atoms with Crippen molar-refractivity contribution >= 4 is 17.6 Å². The van der Waals surface area contributed by atoms with Gasteiger partial charge in [-0.2, -0.15) is 0 Å². The Morgan fingerprint density at radius 3 is 2.67 bits per heavy atom. The molecule has 1 saturated carbocycles. The topological polar surface area (TPSA) is 70.7 Å². The Morgan fingerprint density at radius 2 is 1.90 bits per heavy atom. The number of nitrogens with one attached hydrogen (secondary N) is 2. The fraction of sp³-hybridized carbons (Fsp3) is 0.667. The predicted molar refractivity (Wildman–Crippen MR) is 120 cm³/mol. The molecule has 1 aliphatic carbocycles. The van der Waals surface area contributed by atoms with Gasteiger partial charge in [0.25, 0.3) is 5.91 Å². The summed E-state index contributed by atoms with van der Waals surface area (Å²) in [5.41, 5.74) is 1.19. The van der Waals surface area contributed by atoms with E-state index in [1.807, 2.05) is 4.90 Å². The molecule has 2 atom stereocenters. The number of urea groups is 1. The Labute approximate surface area is 180 Å². The number of rotatable bonds is 8. The van der Waals surface area contributed by atoms with Gasteiger partial charge < -0.3 is 20.3 Å². The van der Waals surface area contributed by atoms with Crippen molar-refractivity contribution in [2.45, 2.75) is 64.7 Å². The third-order valence-electron chi connectivity index (χ3n) is 6.58. The molecule has 166 valence electrons. The molecule has 1 heterocycles. The number of ether oxygens (including phenoxy) is 1. The number of carbonyl (C=O) groups excluding carboxylic acids is 2. The Balaban J connectivity index is 1.57. The SMILES string of the molecule is CCCCCCNC(=O)Nc1ccc(C(=O)N2CC[C@H]3CCCC[C@H]3C2)c(OC)c1. The van der Waals surface area contributed by atoms with Gasteiger partial charge in [-0.1, -0.05) is 45.4 Å². The fourth-order valence-corrected chi connectivity index (χ4v) is 4.83. The van der Waals surface area contributed by atoms with E-state index in [1.165, 1.54) is 38.5 Å². The minimum Gasteiger partial charge on any atom is -0.496 e. The third-order valence-corrected chi connectivity index (χ3v) is 6.58. The van der Waals surface area contributed by atoms with Crippen LogP contribution in [0.4, 0.5) is 10.5 Å². The average molecular weight is 416 g/mol. The summed E-state index contributed by atoms with van der Waals surface area (Å²) < 4.78 is 5.49. The van der Waals surface area contributed by atoms with Crippen molar-refractivity contribution in [3.63, 3.8) is 0 Å². The Hall–Kier alpha value is -2.24. The molecule has 1 aromatic rings. The van der Waals surface area contributed by atoms with Crippen LogP contribution in [0.2, 0.25) is 0 Å². The van der Waals surface area contributed by atoms with Gasteiger partial charge in [0.15, 0.2) is 0 Å². The van der Waals surface area contributed by atoms with Crippen molar-refractivity contribution in [1.82, 2.24) is 10.2 Å². The number of carbonyl (C=O) groups is 2. The molecule has 6 nitrogen and oxygen atoms in total. The summed E-state index contributed by atoms with van der Waals surface area (Å²) in [6.07, 6.45) is 10.8. The molecular formula is C24H37N3O3. The van der Waals surface area contributed by atoms with Crippen LogP contribution in [0.3, 0.4) is 0 Å². The number of anilines is 1. The number of likely N-dealkylation sites (tertiary alicyclic amines) is 1. The molecule has 0 unspecified atom stereocenters. The largest absolute Gasteiger partial charge is 0.496 e. The van der Waals surface area contributed by atoms with E-state index in [4.69, 9.17) is 4.74 Å². The summed E-state index contributed by atoms with van der Waals surface area (Å²) in [6, 6.07) is 5.05. The quantitative estimate of drug-likeness (QED) is 0.584. The molecule has 0 spiro atoms. The molecule has 2 fully saturated rings. The van der Waals surface area contributed by atoms with Crippen molar-refractivity contribution in [2.24, 2.45) is 11.8 Å². The summed E-state index contributed by atoms with van der Waals surface area (Å²) in [4.78, 5) is 27.3. The van der Waals surface area contributed by atoms with Crippen LogP contribution in [-0.2, 0) is 0 Å². The van der Waals surface area contributed by atoms with Crippen LogP contribution in [-0.4, -0.2) is 43.6 Å². The maximum atomic E-state index is 13.2. The van der Waals surface area contributed by atoms with E-state index in [2.05, 4.69) is 17.6 Å². The highest BCUT2D eigenvalue weighted by molar-refractivity contribution is 5.98. The molecular weight excluding hydrogens is 378 g/mol. The molecule has 0 aromatic heterocycles. The Kier molecular flexibility index (Phi) is 8.40. The zero-order chi connectivity index (χ0) is 21.3. The lowest BCUT2D eigenvalue weighted by Gasteiger charge is -2.41. The van der Waals surface area contributed by atoms with Crippen LogP contribution in [0.15, 0.2) is 18.2 Å². The standard InChI is InChI=1S/C24H37N3O3/c1-3-4-5-8-14-25-24(29)26-20-11-12-21(22(16-20)30-2)23(28)27-15-13-18-9-6-7-10-19(18)17-27/h11-12,16,18-19H,3-10,13-15,17H2,1-2H3,(H2,25,26,29)/t18-,19+/m1/s1. The molecule has 1 saturated heterocycles. The maximum Gasteiger partial charge on any atom is 0.319 e. The minimum absolute atomic E-state index is 0.0304. The monoisotopic (exact) mass is 415 g/mol. The van der Waals surface area contributed by atoms with Crippen molar-refractivity contribution in [3.8, 4) is 5.75 Å². The zero-order valence-electron chi connectivity index (χ0n) is 18.5. The van der Waals surface area contributed by atoms with Crippen LogP contribution >= 0.6 is 0 Å². The highest BCUT2D eigenvalue weighted by Crippen LogP contribution is 2.37. The first-order chi connectivity index (χ1) is 14.6. The van der Waals surface area contributed by atoms with E-state index >= 15 is 0 Å². The summed E-state index contributed by atoms with van der Waals surface area (Å²) in [5.74, 6) is 1.97. The molecule has 3 amide bonds.